The number of nitrogens with zero attached hydrogens (tertiary/aromatic N) is 2. The zero-order valence-electron chi connectivity index (χ0n) is 14.5. The molecule has 1 aliphatic heterocycles. The second kappa shape index (κ2) is 7.01. The van der Waals surface area contributed by atoms with Crippen molar-refractivity contribution in [3.8, 4) is 11.5 Å². The van der Waals surface area contributed by atoms with Gasteiger partial charge in [-0.3, -0.25) is 4.79 Å². The van der Waals surface area contributed by atoms with Gasteiger partial charge in [0.1, 0.15) is 0 Å². The minimum Gasteiger partial charge on any atom is -0.411 e. The van der Waals surface area contributed by atoms with E-state index in [-0.39, 0.29) is 28.7 Å². The van der Waals surface area contributed by atoms with Gasteiger partial charge >= 0.3 is 0 Å². The van der Waals surface area contributed by atoms with E-state index in [1.807, 2.05) is 30.5 Å². The van der Waals surface area contributed by atoms with Crippen LogP contribution < -0.4 is 5.32 Å². The van der Waals surface area contributed by atoms with Crippen molar-refractivity contribution in [1.82, 2.24) is 20.5 Å². The topological polar surface area (TPSA) is 118 Å². The van der Waals surface area contributed by atoms with Gasteiger partial charge in [0.15, 0.2) is 9.84 Å². The highest BCUT2D eigenvalue weighted by molar-refractivity contribution is 8.00. The molecule has 3 heterocycles. The van der Waals surface area contributed by atoms with E-state index in [4.69, 9.17) is 4.42 Å². The fourth-order valence-electron chi connectivity index (χ4n) is 3.05. The summed E-state index contributed by atoms with van der Waals surface area (Å²) in [4.78, 5) is 15.5. The predicted octanol–water partition coefficient (Wildman–Crippen LogP) is 2.00. The number of thioether (sulfide) groups is 1. The highest BCUT2D eigenvalue weighted by Gasteiger charge is 2.30. The van der Waals surface area contributed by atoms with Crippen LogP contribution in [-0.2, 0) is 14.6 Å². The van der Waals surface area contributed by atoms with Gasteiger partial charge in [-0.25, -0.2) is 8.42 Å². The number of amides is 1. The van der Waals surface area contributed by atoms with E-state index < -0.39 is 15.1 Å². The largest absolute Gasteiger partial charge is 0.411 e. The van der Waals surface area contributed by atoms with Gasteiger partial charge in [-0.1, -0.05) is 30.0 Å². The second-order valence-corrected chi connectivity index (χ2v) is 10.0. The Kier molecular flexibility index (Phi) is 4.68. The summed E-state index contributed by atoms with van der Waals surface area (Å²) in [7, 11) is -3.03. The molecule has 0 radical (unpaired) electrons. The summed E-state index contributed by atoms with van der Waals surface area (Å²) in [5.74, 6) is 0.261. The molecule has 0 bridgehead atoms. The normalized spacial score (nSPS) is 20.0. The molecule has 4 rings (SSSR count). The number of para-hydroxylation sites is 1. The van der Waals surface area contributed by atoms with Gasteiger partial charge in [-0.05, 0) is 19.4 Å². The van der Waals surface area contributed by atoms with Crippen LogP contribution >= 0.6 is 11.8 Å². The maximum Gasteiger partial charge on any atom is 0.277 e. The van der Waals surface area contributed by atoms with Crippen LogP contribution in [0.3, 0.4) is 0 Å². The Morgan fingerprint density at radius 3 is 2.96 bits per heavy atom. The number of H-pyrrole nitrogens is 1. The molecule has 0 aliphatic carbocycles. The fourth-order valence-corrected chi connectivity index (χ4v) is 5.41. The number of hydrogen-bond donors (Lipinski definition) is 2. The molecule has 1 aromatic carbocycles. The van der Waals surface area contributed by atoms with Crippen molar-refractivity contribution >= 4 is 38.4 Å². The summed E-state index contributed by atoms with van der Waals surface area (Å²) in [6.45, 7) is 1.72. The number of aromatic nitrogens is 3. The summed E-state index contributed by atoms with van der Waals surface area (Å²) < 4.78 is 28.7. The molecule has 1 amide bonds. The smallest absolute Gasteiger partial charge is 0.277 e. The van der Waals surface area contributed by atoms with Crippen LogP contribution in [0.25, 0.3) is 22.4 Å². The highest BCUT2D eigenvalue weighted by atomic mass is 32.2. The molecule has 142 valence electrons. The lowest BCUT2D eigenvalue weighted by atomic mass is 10.2. The summed E-state index contributed by atoms with van der Waals surface area (Å²) in [5, 5.41) is 11.7. The SMILES string of the molecule is C[C@H](Sc1nnc(-c2c[nH]c3ccccc23)o1)C(=O)N[C@@H]1CCS(=O)(=O)C1. The van der Waals surface area contributed by atoms with Gasteiger partial charge in [0, 0.05) is 23.1 Å². The number of benzene rings is 1. The highest BCUT2D eigenvalue weighted by Crippen LogP contribution is 2.30. The average molecular weight is 406 g/mol. The van der Waals surface area contributed by atoms with Gasteiger partial charge in [0.2, 0.25) is 5.91 Å². The van der Waals surface area contributed by atoms with E-state index in [0.29, 0.717) is 12.3 Å². The summed E-state index contributed by atoms with van der Waals surface area (Å²) >= 11 is 1.15. The lowest BCUT2D eigenvalue weighted by molar-refractivity contribution is -0.120. The molecule has 0 unspecified atom stereocenters. The first-order valence-corrected chi connectivity index (χ1v) is 11.2. The third-order valence-corrected chi connectivity index (χ3v) is 7.15. The van der Waals surface area contributed by atoms with Crippen LogP contribution in [0, 0.1) is 0 Å². The first-order valence-electron chi connectivity index (χ1n) is 8.49. The number of aromatic amines is 1. The van der Waals surface area contributed by atoms with Crippen LogP contribution in [0.2, 0.25) is 0 Å². The number of carbonyl (C=O) groups is 1. The molecule has 1 aliphatic rings. The first kappa shape index (κ1) is 18.1. The standard InChI is InChI=1S/C17H18N4O4S2/c1-10(15(22)19-11-6-7-27(23,24)9-11)26-17-21-20-16(25-17)13-8-18-14-5-3-2-4-12(13)14/h2-5,8,10-11,18H,6-7,9H2,1H3,(H,19,22)/t10-,11+/m0/s1. The average Bonchev–Trinajstić information content (AvgIpc) is 3.33. The Bertz CT molecular complexity index is 1090. The molecule has 27 heavy (non-hydrogen) atoms. The van der Waals surface area contributed by atoms with Crippen molar-refractivity contribution in [2.75, 3.05) is 11.5 Å². The molecule has 2 atom stereocenters. The minimum absolute atomic E-state index is 0.00138. The van der Waals surface area contributed by atoms with Crippen LogP contribution in [0.15, 0.2) is 40.1 Å². The van der Waals surface area contributed by atoms with Crippen LogP contribution in [0.1, 0.15) is 13.3 Å². The van der Waals surface area contributed by atoms with Crippen molar-refractivity contribution in [3.63, 3.8) is 0 Å². The first-order chi connectivity index (χ1) is 12.9. The fraction of sp³-hybridized carbons (Fsp3) is 0.353. The van der Waals surface area contributed by atoms with Crippen LogP contribution in [-0.4, -0.2) is 52.3 Å². The Hall–Kier alpha value is -2.33. The number of rotatable bonds is 5. The maximum absolute atomic E-state index is 12.3. The van der Waals surface area contributed by atoms with Gasteiger partial charge in [0.25, 0.3) is 11.1 Å². The Morgan fingerprint density at radius 2 is 2.19 bits per heavy atom. The molecule has 0 spiro atoms. The minimum atomic E-state index is -3.03. The molecular weight excluding hydrogens is 388 g/mol. The molecule has 1 fully saturated rings. The van der Waals surface area contributed by atoms with Gasteiger partial charge in [0.05, 0.1) is 22.3 Å². The summed E-state index contributed by atoms with van der Waals surface area (Å²) in [6.07, 6.45) is 2.26. The third kappa shape index (κ3) is 3.86. The van der Waals surface area contributed by atoms with E-state index >= 15 is 0 Å². The van der Waals surface area contributed by atoms with Crippen molar-refractivity contribution in [3.05, 3.63) is 30.5 Å². The Morgan fingerprint density at radius 1 is 1.37 bits per heavy atom. The molecule has 2 N–H and O–H groups in total. The number of nitrogens with one attached hydrogen (secondary N) is 2. The van der Waals surface area contributed by atoms with E-state index in [2.05, 4.69) is 20.5 Å². The monoisotopic (exact) mass is 406 g/mol. The van der Waals surface area contributed by atoms with Crippen molar-refractivity contribution in [2.45, 2.75) is 29.9 Å². The summed E-state index contributed by atoms with van der Waals surface area (Å²) in [6, 6.07) is 7.47. The van der Waals surface area contributed by atoms with Crippen molar-refractivity contribution < 1.29 is 17.6 Å². The molecular formula is C17H18N4O4S2. The van der Waals surface area contributed by atoms with E-state index in [1.165, 1.54) is 0 Å². The molecule has 8 nitrogen and oxygen atoms in total. The van der Waals surface area contributed by atoms with Crippen molar-refractivity contribution in [2.24, 2.45) is 0 Å². The summed E-state index contributed by atoms with van der Waals surface area (Å²) in [5.41, 5.74) is 1.78. The number of hydrogen-bond acceptors (Lipinski definition) is 7. The van der Waals surface area contributed by atoms with Gasteiger partial charge in [-0.15, -0.1) is 10.2 Å². The lowest BCUT2D eigenvalue weighted by Gasteiger charge is -2.14. The number of fused-ring (bicyclic) bond motifs is 1. The lowest BCUT2D eigenvalue weighted by Crippen LogP contribution is -2.39. The molecule has 1 saturated heterocycles. The molecule has 3 aromatic rings. The van der Waals surface area contributed by atoms with Crippen LogP contribution in [0.4, 0.5) is 0 Å². The van der Waals surface area contributed by atoms with E-state index in [1.54, 1.807) is 6.92 Å². The molecule has 0 saturated carbocycles. The predicted molar refractivity (Wildman–Crippen MR) is 102 cm³/mol. The van der Waals surface area contributed by atoms with E-state index in [9.17, 15) is 13.2 Å². The zero-order valence-corrected chi connectivity index (χ0v) is 16.1. The van der Waals surface area contributed by atoms with Crippen LogP contribution in [0.5, 0.6) is 0 Å². The molecule has 10 heteroatoms. The zero-order chi connectivity index (χ0) is 19.0. The van der Waals surface area contributed by atoms with Crippen molar-refractivity contribution in [1.29, 1.82) is 0 Å². The maximum atomic E-state index is 12.3. The van der Waals surface area contributed by atoms with E-state index in [0.717, 1.165) is 28.2 Å². The third-order valence-electron chi connectivity index (χ3n) is 4.45. The Labute approximate surface area is 160 Å². The Balaban J connectivity index is 1.42. The van der Waals surface area contributed by atoms with Gasteiger partial charge < -0.3 is 14.7 Å². The second-order valence-electron chi connectivity index (χ2n) is 6.49. The van der Waals surface area contributed by atoms with Gasteiger partial charge in [-0.2, -0.15) is 0 Å². The number of sulfone groups is 1. The quantitative estimate of drug-likeness (QED) is 0.622. The molecule has 2 aromatic heterocycles. The number of carbonyl (C=O) groups excluding carboxylic acids is 1.